The van der Waals surface area contributed by atoms with Crippen LogP contribution in [0.3, 0.4) is 0 Å². The van der Waals surface area contributed by atoms with Crippen molar-refractivity contribution < 1.29 is 18.0 Å². The predicted molar refractivity (Wildman–Crippen MR) is 133 cm³/mol. The highest BCUT2D eigenvalue weighted by atomic mass is 35.5. The molecule has 2 unspecified atom stereocenters. The molecule has 3 aromatic rings. The second kappa shape index (κ2) is 9.22. The van der Waals surface area contributed by atoms with E-state index in [2.05, 4.69) is 9.71 Å². The fourth-order valence-electron chi connectivity index (χ4n) is 4.07. The first kappa shape index (κ1) is 25.7. The molecule has 2 atom stereocenters. The maximum Gasteiger partial charge on any atom is 0.260 e. The fourth-order valence-corrected chi connectivity index (χ4v) is 6.00. The molecule has 3 N–H and O–H groups in total. The van der Waals surface area contributed by atoms with E-state index in [1.807, 2.05) is 6.07 Å². The number of nitrogens with two attached hydrogens (primary N) is 1. The smallest absolute Gasteiger partial charge is 0.260 e. The summed E-state index contributed by atoms with van der Waals surface area (Å²) in [7, 11) is -4.33. The van der Waals surface area contributed by atoms with E-state index < -0.39 is 33.4 Å². The Bertz CT molecular complexity index is 1510. The number of aromatic nitrogens is 2. The number of nitriles is 1. The molecule has 13 heteroatoms. The van der Waals surface area contributed by atoms with Crippen LogP contribution in [0.1, 0.15) is 25.0 Å². The quantitative estimate of drug-likeness (QED) is 0.464. The van der Waals surface area contributed by atoms with E-state index in [1.165, 1.54) is 34.6 Å². The van der Waals surface area contributed by atoms with Crippen molar-refractivity contribution in [2.24, 2.45) is 5.73 Å². The van der Waals surface area contributed by atoms with Crippen molar-refractivity contribution in [2.75, 3.05) is 4.90 Å². The average molecular weight is 547 g/mol. The van der Waals surface area contributed by atoms with Crippen LogP contribution < -0.4 is 15.4 Å². The van der Waals surface area contributed by atoms with Crippen LogP contribution in [-0.2, 0) is 31.6 Å². The van der Waals surface area contributed by atoms with Gasteiger partial charge >= 0.3 is 0 Å². The van der Waals surface area contributed by atoms with Gasteiger partial charge in [-0.05, 0) is 49.7 Å². The number of fused-ring (bicyclic) bond motifs is 1. The van der Waals surface area contributed by atoms with Crippen molar-refractivity contribution >= 4 is 56.7 Å². The molecule has 0 aliphatic carbocycles. The zero-order valence-corrected chi connectivity index (χ0v) is 21.4. The van der Waals surface area contributed by atoms with Gasteiger partial charge < -0.3 is 5.73 Å². The van der Waals surface area contributed by atoms with Crippen LogP contribution in [0.5, 0.6) is 0 Å². The number of nitrogens with zero attached hydrogens (tertiary/aromatic N) is 4. The number of hydrogen-bond acceptors (Lipinski definition) is 6. The Morgan fingerprint density at radius 3 is 2.39 bits per heavy atom. The third-order valence-electron chi connectivity index (χ3n) is 5.84. The molecular formula is C23H20Cl2N6O4S. The highest BCUT2D eigenvalue weighted by Crippen LogP contribution is 2.44. The van der Waals surface area contributed by atoms with Crippen LogP contribution in [0.25, 0.3) is 0 Å². The first-order valence-electron chi connectivity index (χ1n) is 10.6. The monoisotopic (exact) mass is 546 g/mol. The maximum absolute atomic E-state index is 13.9. The van der Waals surface area contributed by atoms with Crippen molar-refractivity contribution in [2.45, 2.75) is 36.9 Å². The van der Waals surface area contributed by atoms with Gasteiger partial charge in [0.15, 0.2) is 5.03 Å². The third-order valence-corrected chi connectivity index (χ3v) is 7.78. The van der Waals surface area contributed by atoms with E-state index in [4.69, 9.17) is 34.2 Å². The van der Waals surface area contributed by atoms with Crippen molar-refractivity contribution in [3.8, 4) is 6.07 Å². The van der Waals surface area contributed by atoms with Crippen LogP contribution in [-0.4, -0.2) is 35.8 Å². The standard InChI is InChI=1S/C23H20Cl2N6O4S/c1-13(20(27)32)29-36(34,35)19-12-28-22-30(18-8-16(24)7-17(25)9-18)21(33)23(2,31(19)22)10-14-3-5-15(11-26)6-4-14/h3-9,12-13,29H,10H2,1-2H3,(H2,27,32). The Kier molecular flexibility index (Phi) is 6.57. The summed E-state index contributed by atoms with van der Waals surface area (Å²) in [6.07, 6.45) is 1.17. The van der Waals surface area contributed by atoms with E-state index in [-0.39, 0.29) is 27.4 Å². The van der Waals surface area contributed by atoms with Gasteiger partial charge in [0.1, 0.15) is 5.54 Å². The predicted octanol–water partition coefficient (Wildman–Crippen LogP) is 2.85. The van der Waals surface area contributed by atoms with Gasteiger partial charge in [0.25, 0.3) is 15.9 Å². The molecular weight excluding hydrogens is 527 g/mol. The highest BCUT2D eigenvalue weighted by Gasteiger charge is 2.52. The van der Waals surface area contributed by atoms with Crippen molar-refractivity contribution in [1.82, 2.24) is 14.3 Å². The summed E-state index contributed by atoms with van der Waals surface area (Å²) < 4.78 is 30.0. The third kappa shape index (κ3) is 4.44. The molecule has 4 rings (SSSR count). The van der Waals surface area contributed by atoms with E-state index in [1.54, 1.807) is 31.2 Å². The van der Waals surface area contributed by atoms with Gasteiger partial charge in [-0.15, -0.1) is 0 Å². The summed E-state index contributed by atoms with van der Waals surface area (Å²) in [6.45, 7) is 2.89. The Labute approximate surface area is 217 Å². The van der Waals surface area contributed by atoms with Gasteiger partial charge in [-0.3, -0.25) is 14.2 Å². The largest absolute Gasteiger partial charge is 0.368 e. The minimum atomic E-state index is -4.33. The number of carbonyl (C=O) groups excluding carboxylic acids is 2. The van der Waals surface area contributed by atoms with Gasteiger partial charge in [-0.2, -0.15) is 9.98 Å². The molecule has 1 aliphatic heterocycles. The molecule has 0 fully saturated rings. The Hall–Kier alpha value is -3.43. The summed E-state index contributed by atoms with van der Waals surface area (Å²) >= 11 is 12.3. The number of hydrogen-bond donors (Lipinski definition) is 2. The van der Waals surface area contributed by atoms with Crippen LogP contribution >= 0.6 is 23.2 Å². The van der Waals surface area contributed by atoms with Gasteiger partial charge in [-0.25, -0.2) is 18.3 Å². The van der Waals surface area contributed by atoms with E-state index in [0.29, 0.717) is 16.8 Å². The number of imidazole rings is 1. The second-order valence-corrected chi connectivity index (χ2v) is 11.0. The SMILES string of the molecule is CC(NS(=O)(=O)c1cnc2n1C(C)(Cc1ccc(C#N)cc1)C(=O)N2c1cc(Cl)cc(Cl)c1)C(N)=O. The van der Waals surface area contributed by atoms with Gasteiger partial charge in [0.05, 0.1) is 29.6 Å². The zero-order chi connectivity index (χ0) is 26.4. The lowest BCUT2D eigenvalue weighted by Crippen LogP contribution is -2.45. The van der Waals surface area contributed by atoms with Crippen LogP contribution in [0.15, 0.2) is 53.7 Å². The van der Waals surface area contributed by atoms with E-state index in [0.717, 1.165) is 6.20 Å². The Balaban J connectivity index is 1.90. The van der Waals surface area contributed by atoms with Gasteiger partial charge in [-0.1, -0.05) is 35.3 Å². The maximum atomic E-state index is 13.9. The lowest BCUT2D eigenvalue weighted by atomic mass is 9.91. The zero-order valence-electron chi connectivity index (χ0n) is 19.1. The number of halogens is 2. The minimum absolute atomic E-state index is 0.0292. The first-order chi connectivity index (χ1) is 16.9. The number of anilines is 2. The summed E-state index contributed by atoms with van der Waals surface area (Å²) in [5, 5.41) is 9.32. The molecule has 186 valence electrons. The second-order valence-electron chi connectivity index (χ2n) is 8.50. The molecule has 0 saturated heterocycles. The molecule has 0 radical (unpaired) electrons. The number of benzene rings is 2. The minimum Gasteiger partial charge on any atom is -0.368 e. The van der Waals surface area contributed by atoms with Crippen molar-refractivity contribution in [3.05, 3.63) is 69.8 Å². The van der Waals surface area contributed by atoms with Crippen molar-refractivity contribution in [1.29, 1.82) is 5.26 Å². The highest BCUT2D eigenvalue weighted by molar-refractivity contribution is 7.89. The fraction of sp³-hybridized carbons (Fsp3) is 0.217. The Morgan fingerprint density at radius 2 is 1.83 bits per heavy atom. The lowest BCUT2D eigenvalue weighted by molar-refractivity contribution is -0.124. The number of rotatable bonds is 7. The molecule has 2 aromatic carbocycles. The topological polar surface area (TPSA) is 151 Å². The lowest BCUT2D eigenvalue weighted by Gasteiger charge is -2.27. The van der Waals surface area contributed by atoms with Crippen LogP contribution in [0.4, 0.5) is 11.6 Å². The summed E-state index contributed by atoms with van der Waals surface area (Å²) in [5.41, 5.74) is 5.19. The number of nitrogens with one attached hydrogen (secondary N) is 1. The average Bonchev–Trinajstić information content (AvgIpc) is 3.32. The Morgan fingerprint density at radius 1 is 1.22 bits per heavy atom. The molecule has 1 aromatic heterocycles. The first-order valence-corrected chi connectivity index (χ1v) is 12.8. The molecule has 0 spiro atoms. The van der Waals surface area contributed by atoms with Crippen LogP contribution in [0.2, 0.25) is 10.0 Å². The van der Waals surface area contributed by atoms with Gasteiger partial charge in [0, 0.05) is 16.5 Å². The number of amides is 2. The molecule has 2 amide bonds. The van der Waals surface area contributed by atoms with E-state index in [9.17, 15) is 18.0 Å². The normalized spacial score (nSPS) is 18.1. The molecule has 1 aliphatic rings. The molecule has 10 nitrogen and oxygen atoms in total. The number of carbonyl (C=O) groups is 2. The summed E-state index contributed by atoms with van der Waals surface area (Å²) in [5.74, 6) is -1.32. The van der Waals surface area contributed by atoms with Gasteiger partial charge in [0.2, 0.25) is 11.9 Å². The number of primary amides is 1. The summed E-state index contributed by atoms with van der Waals surface area (Å²) in [4.78, 5) is 31.0. The number of sulfonamides is 1. The molecule has 36 heavy (non-hydrogen) atoms. The summed E-state index contributed by atoms with van der Waals surface area (Å²) in [6, 6.07) is 11.9. The van der Waals surface area contributed by atoms with E-state index >= 15 is 0 Å². The van der Waals surface area contributed by atoms with Crippen LogP contribution in [0, 0.1) is 11.3 Å². The molecule has 0 saturated carbocycles. The molecule has 0 bridgehead atoms. The van der Waals surface area contributed by atoms with Crippen molar-refractivity contribution in [3.63, 3.8) is 0 Å². The molecule has 2 heterocycles.